The molecular formula is C8H14O2. The maximum absolute atomic E-state index is 10.4. The number of ketones is 1. The van der Waals surface area contributed by atoms with E-state index in [1.54, 1.807) is 12.1 Å². The van der Waals surface area contributed by atoms with Gasteiger partial charge in [-0.05, 0) is 12.1 Å². The van der Waals surface area contributed by atoms with Crippen molar-refractivity contribution in [2.45, 2.75) is 21.8 Å². The van der Waals surface area contributed by atoms with E-state index >= 15 is 0 Å². The fourth-order valence-electron chi connectivity index (χ4n) is 0.479. The molecule has 0 aromatic carbocycles. The van der Waals surface area contributed by atoms with E-state index in [-0.39, 0.29) is 20.6 Å². The first-order chi connectivity index (χ1) is 3.80. The minimum absolute atomic E-state index is 0. The normalized spacial score (nSPS) is 7.30. The van der Waals surface area contributed by atoms with Gasteiger partial charge in [0.2, 0.25) is 0 Å². The largest absolute Gasteiger partial charge is 0.461 e. The van der Waals surface area contributed by atoms with Crippen LogP contribution < -0.4 is 0 Å². The highest BCUT2D eigenvalue weighted by Gasteiger charge is 1.97. The van der Waals surface area contributed by atoms with E-state index in [1.807, 2.05) is 0 Å². The second-order valence-corrected chi connectivity index (χ2v) is 1.53. The van der Waals surface area contributed by atoms with Gasteiger partial charge in [-0.15, -0.1) is 0 Å². The van der Waals surface area contributed by atoms with Crippen molar-refractivity contribution in [1.29, 1.82) is 0 Å². The number of hydrogen-bond donors (Lipinski definition) is 0. The molecule has 1 heterocycles. The van der Waals surface area contributed by atoms with Crippen molar-refractivity contribution in [3.8, 4) is 0 Å². The fourth-order valence-corrected chi connectivity index (χ4v) is 0.479. The summed E-state index contributed by atoms with van der Waals surface area (Å²) >= 11 is 0. The molecule has 2 nitrogen and oxygen atoms in total. The molecule has 1 rings (SSSR count). The summed E-state index contributed by atoms with van der Waals surface area (Å²) in [7, 11) is 0. The van der Waals surface area contributed by atoms with Gasteiger partial charge in [0.25, 0.3) is 0 Å². The number of hydrogen-bond acceptors (Lipinski definition) is 2. The molecule has 0 fully saturated rings. The standard InChI is InChI=1S/C6H6O2.2CH4/c1-5(7)6-3-2-4-8-6;;/h2-4H,1H3;2*1H4. The second kappa shape index (κ2) is 4.79. The zero-order valence-electron chi connectivity index (χ0n) is 4.55. The third-order valence-corrected chi connectivity index (χ3v) is 0.868. The molecule has 0 saturated heterocycles. The van der Waals surface area contributed by atoms with Crippen LogP contribution in [0.3, 0.4) is 0 Å². The number of furan rings is 1. The zero-order valence-corrected chi connectivity index (χ0v) is 4.55. The van der Waals surface area contributed by atoms with E-state index in [4.69, 9.17) is 4.42 Å². The van der Waals surface area contributed by atoms with E-state index in [0.717, 1.165) is 0 Å². The number of carbonyl (C=O) groups excluding carboxylic acids is 1. The Morgan fingerprint density at radius 1 is 1.50 bits per heavy atom. The predicted molar refractivity (Wildman–Crippen MR) is 42.2 cm³/mol. The maximum Gasteiger partial charge on any atom is 0.194 e. The Hall–Kier alpha value is -1.05. The molecule has 1 aromatic heterocycles. The van der Waals surface area contributed by atoms with Crippen LogP contribution in [0.25, 0.3) is 0 Å². The van der Waals surface area contributed by atoms with Crippen LogP contribution in [-0.4, -0.2) is 5.78 Å². The van der Waals surface area contributed by atoms with Gasteiger partial charge >= 0.3 is 0 Å². The summed E-state index contributed by atoms with van der Waals surface area (Å²) < 4.78 is 4.75. The first-order valence-corrected chi connectivity index (χ1v) is 2.35. The van der Waals surface area contributed by atoms with Crippen molar-refractivity contribution >= 4 is 5.78 Å². The number of carbonyl (C=O) groups is 1. The van der Waals surface area contributed by atoms with Crippen LogP contribution in [0, 0.1) is 0 Å². The topological polar surface area (TPSA) is 30.2 Å². The molecule has 0 bridgehead atoms. The molecule has 0 spiro atoms. The number of rotatable bonds is 1. The van der Waals surface area contributed by atoms with E-state index in [0.29, 0.717) is 5.76 Å². The van der Waals surface area contributed by atoms with Crippen molar-refractivity contribution in [2.75, 3.05) is 0 Å². The molecule has 0 amide bonds. The molecule has 0 aliphatic carbocycles. The van der Waals surface area contributed by atoms with Crippen molar-refractivity contribution in [2.24, 2.45) is 0 Å². The van der Waals surface area contributed by atoms with Crippen LogP contribution in [0.4, 0.5) is 0 Å². The van der Waals surface area contributed by atoms with Crippen LogP contribution in [0.5, 0.6) is 0 Å². The monoisotopic (exact) mass is 142 g/mol. The van der Waals surface area contributed by atoms with Crippen LogP contribution in [0.1, 0.15) is 32.3 Å². The van der Waals surface area contributed by atoms with Crippen molar-refractivity contribution in [3.63, 3.8) is 0 Å². The van der Waals surface area contributed by atoms with Gasteiger partial charge < -0.3 is 4.42 Å². The fraction of sp³-hybridized carbons (Fsp3) is 0.375. The van der Waals surface area contributed by atoms with Gasteiger partial charge in [-0.25, -0.2) is 0 Å². The van der Waals surface area contributed by atoms with Gasteiger partial charge in [-0.1, -0.05) is 14.9 Å². The zero-order chi connectivity index (χ0) is 5.98. The molecule has 0 radical (unpaired) electrons. The highest BCUT2D eigenvalue weighted by Crippen LogP contribution is 1.98. The Morgan fingerprint density at radius 2 is 2.10 bits per heavy atom. The molecule has 0 N–H and O–H groups in total. The molecule has 0 atom stereocenters. The Balaban J connectivity index is 0. The molecular weight excluding hydrogens is 128 g/mol. The molecule has 10 heavy (non-hydrogen) atoms. The average molecular weight is 142 g/mol. The first kappa shape index (κ1) is 11.7. The number of Topliss-reactive ketones (excluding diaryl/α,β-unsaturated/α-hetero) is 1. The second-order valence-electron chi connectivity index (χ2n) is 1.53. The van der Waals surface area contributed by atoms with Crippen LogP contribution in [0.15, 0.2) is 22.8 Å². The molecule has 0 aliphatic rings. The lowest BCUT2D eigenvalue weighted by Crippen LogP contribution is -1.85. The van der Waals surface area contributed by atoms with Gasteiger partial charge in [0, 0.05) is 6.92 Å². The van der Waals surface area contributed by atoms with Crippen LogP contribution in [-0.2, 0) is 0 Å². The van der Waals surface area contributed by atoms with Crippen molar-refractivity contribution in [1.82, 2.24) is 0 Å². The maximum atomic E-state index is 10.4. The van der Waals surface area contributed by atoms with Crippen molar-refractivity contribution in [3.05, 3.63) is 24.2 Å². The van der Waals surface area contributed by atoms with Crippen molar-refractivity contribution < 1.29 is 9.21 Å². The Labute approximate surface area is 61.9 Å². The van der Waals surface area contributed by atoms with Gasteiger partial charge in [-0.3, -0.25) is 4.79 Å². The Bertz CT molecular complexity index is 175. The van der Waals surface area contributed by atoms with Crippen LogP contribution >= 0.6 is 0 Å². The van der Waals surface area contributed by atoms with Gasteiger partial charge in [0.1, 0.15) is 0 Å². The minimum Gasteiger partial charge on any atom is -0.461 e. The summed E-state index contributed by atoms with van der Waals surface area (Å²) in [4.78, 5) is 10.4. The first-order valence-electron chi connectivity index (χ1n) is 2.35. The third-order valence-electron chi connectivity index (χ3n) is 0.868. The predicted octanol–water partition coefficient (Wildman–Crippen LogP) is 2.75. The molecule has 1 aromatic rings. The van der Waals surface area contributed by atoms with E-state index in [2.05, 4.69) is 0 Å². The van der Waals surface area contributed by atoms with Gasteiger partial charge in [0.05, 0.1) is 6.26 Å². The molecule has 0 aliphatic heterocycles. The summed E-state index contributed by atoms with van der Waals surface area (Å²) in [5.74, 6) is 0.389. The Morgan fingerprint density at radius 3 is 2.30 bits per heavy atom. The lowest BCUT2D eigenvalue weighted by molar-refractivity contribution is 0.0987. The van der Waals surface area contributed by atoms with Gasteiger partial charge in [-0.2, -0.15) is 0 Å². The summed E-state index contributed by atoms with van der Waals surface area (Å²) in [6, 6.07) is 3.33. The minimum atomic E-state index is -0.0324. The Kier molecular flexibility index (Phi) is 5.61. The highest BCUT2D eigenvalue weighted by atomic mass is 16.3. The third kappa shape index (κ3) is 2.49. The summed E-state index contributed by atoms with van der Waals surface area (Å²) in [5.41, 5.74) is 0. The highest BCUT2D eigenvalue weighted by molar-refractivity contribution is 5.91. The lowest BCUT2D eigenvalue weighted by Gasteiger charge is -1.80. The molecule has 2 heteroatoms. The smallest absolute Gasteiger partial charge is 0.194 e. The lowest BCUT2D eigenvalue weighted by atomic mass is 10.3. The van der Waals surface area contributed by atoms with Crippen LogP contribution in [0.2, 0.25) is 0 Å². The quantitative estimate of drug-likeness (QED) is 0.564. The average Bonchev–Trinajstić information content (AvgIpc) is 2.12. The van der Waals surface area contributed by atoms with E-state index < -0.39 is 0 Å². The van der Waals surface area contributed by atoms with E-state index in [9.17, 15) is 4.79 Å². The summed E-state index contributed by atoms with van der Waals surface area (Å²) in [6.07, 6.45) is 1.48. The van der Waals surface area contributed by atoms with Gasteiger partial charge in [0.15, 0.2) is 11.5 Å². The summed E-state index contributed by atoms with van der Waals surface area (Å²) in [6.45, 7) is 1.47. The summed E-state index contributed by atoms with van der Waals surface area (Å²) in [5, 5.41) is 0. The molecule has 0 unspecified atom stereocenters. The van der Waals surface area contributed by atoms with E-state index in [1.165, 1.54) is 13.2 Å². The SMILES string of the molecule is C.C.CC(=O)c1ccco1. The molecule has 58 valence electrons. The molecule has 0 saturated carbocycles.